The summed E-state index contributed by atoms with van der Waals surface area (Å²) >= 11 is 1.78. The molecule has 1 atom stereocenters. The number of thioether (sulfide) groups is 1. The molecule has 22 heavy (non-hydrogen) atoms. The first kappa shape index (κ1) is 15.4. The maximum Gasteiger partial charge on any atom is 0.350 e. The van der Waals surface area contributed by atoms with E-state index in [1.807, 2.05) is 0 Å². The zero-order chi connectivity index (χ0) is 15.4. The second kappa shape index (κ2) is 7.18. The predicted molar refractivity (Wildman–Crippen MR) is 87.8 cm³/mol. The fraction of sp³-hybridized carbons (Fsp3) is 0.600. The number of aromatic nitrogens is 2. The van der Waals surface area contributed by atoms with Crippen LogP contribution in [-0.4, -0.2) is 53.1 Å². The van der Waals surface area contributed by atoms with Crippen LogP contribution in [0.2, 0.25) is 0 Å². The van der Waals surface area contributed by atoms with E-state index in [9.17, 15) is 4.79 Å². The lowest BCUT2D eigenvalue weighted by molar-refractivity contribution is 0.0443. The Balaban J connectivity index is 1.75. The summed E-state index contributed by atoms with van der Waals surface area (Å²) < 4.78 is 6.98. The van der Waals surface area contributed by atoms with Gasteiger partial charge < -0.3 is 10.5 Å². The van der Waals surface area contributed by atoms with Crippen LogP contribution in [-0.2, 0) is 4.74 Å². The number of hydrogen-bond donors (Lipinski definition) is 1. The topological polar surface area (TPSA) is 73.4 Å². The minimum Gasteiger partial charge on any atom is -0.382 e. The van der Waals surface area contributed by atoms with Crippen molar-refractivity contribution in [3.05, 3.63) is 22.2 Å². The van der Waals surface area contributed by atoms with E-state index in [1.54, 1.807) is 22.5 Å². The Morgan fingerprint density at radius 3 is 3.00 bits per heavy atom. The van der Waals surface area contributed by atoms with Crippen LogP contribution in [0, 0.1) is 11.8 Å². The molecule has 2 fully saturated rings. The van der Waals surface area contributed by atoms with E-state index in [-0.39, 0.29) is 16.9 Å². The molecular formula is C15H20N4O2S. The zero-order valence-electron chi connectivity index (χ0n) is 12.5. The highest BCUT2D eigenvalue weighted by atomic mass is 32.2. The summed E-state index contributed by atoms with van der Waals surface area (Å²) in [7, 11) is 0. The molecule has 0 saturated carbocycles. The lowest BCUT2D eigenvalue weighted by Crippen LogP contribution is -2.36. The van der Waals surface area contributed by atoms with Crippen molar-refractivity contribution < 1.29 is 4.74 Å². The van der Waals surface area contributed by atoms with Crippen molar-refractivity contribution in [2.75, 3.05) is 44.3 Å². The van der Waals surface area contributed by atoms with Crippen molar-refractivity contribution in [1.82, 2.24) is 14.5 Å². The molecule has 0 spiro atoms. The van der Waals surface area contributed by atoms with Gasteiger partial charge in [0, 0.05) is 19.3 Å². The maximum atomic E-state index is 12.0. The molecule has 0 radical (unpaired) electrons. The Morgan fingerprint density at radius 2 is 2.27 bits per heavy atom. The van der Waals surface area contributed by atoms with Gasteiger partial charge in [0.25, 0.3) is 0 Å². The Morgan fingerprint density at radius 1 is 1.45 bits per heavy atom. The highest BCUT2D eigenvalue weighted by Crippen LogP contribution is 2.34. The van der Waals surface area contributed by atoms with Gasteiger partial charge in [-0.25, -0.2) is 4.79 Å². The first-order valence-electron chi connectivity index (χ1n) is 7.53. The van der Waals surface area contributed by atoms with Gasteiger partial charge in [0.05, 0.1) is 30.7 Å². The van der Waals surface area contributed by atoms with Crippen LogP contribution in [0.15, 0.2) is 11.0 Å². The number of nitrogens with zero attached hydrogens (tertiary/aromatic N) is 3. The average molecular weight is 320 g/mol. The van der Waals surface area contributed by atoms with E-state index in [4.69, 9.17) is 10.5 Å². The summed E-state index contributed by atoms with van der Waals surface area (Å²) in [5, 5.41) is 0.167. The van der Waals surface area contributed by atoms with E-state index in [1.165, 1.54) is 0 Å². The number of ether oxygens (including phenoxy) is 1. The second-order valence-electron chi connectivity index (χ2n) is 5.39. The van der Waals surface area contributed by atoms with Crippen LogP contribution in [0.1, 0.15) is 23.8 Å². The zero-order valence-corrected chi connectivity index (χ0v) is 13.3. The molecule has 3 heterocycles. The average Bonchev–Trinajstić information content (AvgIpc) is 3.04. The van der Waals surface area contributed by atoms with Crippen molar-refractivity contribution in [3.63, 3.8) is 0 Å². The lowest BCUT2D eigenvalue weighted by Gasteiger charge is -2.24. The minimum atomic E-state index is -0.282. The predicted octanol–water partition coefficient (Wildman–Crippen LogP) is 0.535. The van der Waals surface area contributed by atoms with Gasteiger partial charge in [-0.05, 0) is 18.6 Å². The Labute approximate surface area is 134 Å². The maximum absolute atomic E-state index is 12.0. The third-order valence-electron chi connectivity index (χ3n) is 3.83. The van der Waals surface area contributed by atoms with Crippen molar-refractivity contribution >= 4 is 17.6 Å². The fourth-order valence-corrected chi connectivity index (χ4v) is 3.82. The standard InChI is InChI=1S/C15H20N4O2S/c16-14-12(3-1-5-18-6-8-21-9-7-18)11-19(15(20)17-14)13-4-2-10-22-13/h11,13H,2,4-10H2,(H2,16,17,20)/t13-/m0/s1. The van der Waals surface area contributed by atoms with E-state index < -0.39 is 0 Å². The summed E-state index contributed by atoms with van der Waals surface area (Å²) in [5.41, 5.74) is 6.20. The summed E-state index contributed by atoms with van der Waals surface area (Å²) in [6.07, 6.45) is 3.89. The first-order chi connectivity index (χ1) is 10.7. The number of rotatable bonds is 2. The van der Waals surface area contributed by atoms with Crippen molar-refractivity contribution in [2.24, 2.45) is 0 Å². The summed E-state index contributed by atoms with van der Waals surface area (Å²) in [6.45, 7) is 4.01. The number of anilines is 1. The van der Waals surface area contributed by atoms with Crippen molar-refractivity contribution in [2.45, 2.75) is 18.2 Å². The van der Waals surface area contributed by atoms with Crippen LogP contribution in [0.4, 0.5) is 5.82 Å². The first-order valence-corrected chi connectivity index (χ1v) is 8.58. The molecule has 1 aromatic rings. The van der Waals surface area contributed by atoms with Crippen LogP contribution in [0.3, 0.4) is 0 Å². The van der Waals surface area contributed by atoms with Gasteiger partial charge >= 0.3 is 5.69 Å². The summed E-state index contributed by atoms with van der Waals surface area (Å²) in [6, 6.07) is 0. The van der Waals surface area contributed by atoms with Crippen LogP contribution in [0.25, 0.3) is 0 Å². The Bertz CT molecular complexity index is 637. The molecule has 118 valence electrons. The fourth-order valence-electron chi connectivity index (χ4n) is 2.57. The molecule has 2 aliphatic rings. The molecule has 0 unspecified atom stereocenters. The molecule has 3 rings (SSSR count). The Hall–Kier alpha value is -1.49. The Kier molecular flexibility index (Phi) is 5.03. The van der Waals surface area contributed by atoms with E-state index in [0.717, 1.165) is 44.9 Å². The molecule has 7 heteroatoms. The normalized spacial score (nSPS) is 22.3. The van der Waals surface area contributed by atoms with Gasteiger partial charge in [0.15, 0.2) is 0 Å². The minimum absolute atomic E-state index is 0.167. The summed E-state index contributed by atoms with van der Waals surface area (Å²) in [5.74, 6) is 7.49. The van der Waals surface area contributed by atoms with Gasteiger partial charge in [-0.15, -0.1) is 11.8 Å². The largest absolute Gasteiger partial charge is 0.382 e. The number of nitrogens with two attached hydrogens (primary N) is 1. The second-order valence-corrected chi connectivity index (χ2v) is 6.67. The summed E-state index contributed by atoms with van der Waals surface area (Å²) in [4.78, 5) is 18.1. The molecule has 2 aliphatic heterocycles. The quantitative estimate of drug-likeness (QED) is 0.802. The van der Waals surface area contributed by atoms with Gasteiger partial charge in [-0.1, -0.05) is 11.8 Å². The van der Waals surface area contributed by atoms with Crippen molar-refractivity contribution in [1.29, 1.82) is 0 Å². The molecule has 2 saturated heterocycles. The third-order valence-corrected chi connectivity index (χ3v) is 5.20. The molecule has 0 bridgehead atoms. The highest BCUT2D eigenvalue weighted by Gasteiger charge is 2.19. The number of morpholine rings is 1. The number of hydrogen-bond acceptors (Lipinski definition) is 6. The lowest BCUT2D eigenvalue weighted by atomic mass is 10.3. The molecule has 2 N–H and O–H groups in total. The SMILES string of the molecule is Nc1nc(=O)n([C@@H]2CCCS2)cc1C#CCN1CCOCC1. The van der Waals surface area contributed by atoms with Crippen molar-refractivity contribution in [3.8, 4) is 11.8 Å². The van der Waals surface area contributed by atoms with E-state index in [0.29, 0.717) is 12.1 Å². The van der Waals surface area contributed by atoms with E-state index >= 15 is 0 Å². The van der Waals surface area contributed by atoms with Gasteiger partial charge in [-0.2, -0.15) is 4.98 Å². The van der Waals surface area contributed by atoms with Crippen LogP contribution >= 0.6 is 11.8 Å². The van der Waals surface area contributed by atoms with E-state index in [2.05, 4.69) is 21.7 Å². The third kappa shape index (κ3) is 3.64. The molecule has 0 aliphatic carbocycles. The monoisotopic (exact) mass is 320 g/mol. The van der Waals surface area contributed by atoms with Crippen LogP contribution < -0.4 is 11.4 Å². The molecule has 0 amide bonds. The molecule has 6 nitrogen and oxygen atoms in total. The molecule has 1 aromatic heterocycles. The van der Waals surface area contributed by atoms with Gasteiger partial charge in [0.1, 0.15) is 5.82 Å². The highest BCUT2D eigenvalue weighted by molar-refractivity contribution is 7.99. The van der Waals surface area contributed by atoms with Gasteiger partial charge in [0.2, 0.25) is 0 Å². The molecular weight excluding hydrogens is 300 g/mol. The number of nitrogen functional groups attached to an aromatic ring is 1. The molecule has 0 aromatic carbocycles. The van der Waals surface area contributed by atoms with Gasteiger partial charge in [-0.3, -0.25) is 9.47 Å². The smallest absolute Gasteiger partial charge is 0.350 e. The van der Waals surface area contributed by atoms with Crippen LogP contribution in [0.5, 0.6) is 0 Å².